The molecule has 0 bridgehead atoms. The Labute approximate surface area is 101 Å². The van der Waals surface area contributed by atoms with Crippen molar-refractivity contribution in [2.75, 3.05) is 26.2 Å². The summed E-state index contributed by atoms with van der Waals surface area (Å²) in [6.45, 7) is 9.81. The molecule has 2 rings (SSSR count). The molecule has 0 aromatic carbocycles. The molecule has 0 spiro atoms. The Morgan fingerprint density at radius 2 is 2.06 bits per heavy atom. The number of likely N-dealkylation sites (tertiary alicyclic amines) is 1. The van der Waals surface area contributed by atoms with Crippen LogP contribution in [0.25, 0.3) is 0 Å². The van der Waals surface area contributed by atoms with E-state index in [4.69, 9.17) is 0 Å². The van der Waals surface area contributed by atoms with Crippen molar-refractivity contribution in [1.29, 1.82) is 0 Å². The molecule has 2 heteroatoms. The van der Waals surface area contributed by atoms with E-state index < -0.39 is 0 Å². The molecular weight excluding hydrogens is 196 g/mol. The molecule has 2 aliphatic rings. The van der Waals surface area contributed by atoms with Gasteiger partial charge in [-0.15, -0.1) is 0 Å². The quantitative estimate of drug-likeness (QED) is 0.772. The summed E-state index contributed by atoms with van der Waals surface area (Å²) in [5, 5.41) is 3.77. The van der Waals surface area contributed by atoms with Crippen molar-refractivity contribution in [2.24, 2.45) is 11.8 Å². The maximum Gasteiger partial charge on any atom is 0.00793 e. The third kappa shape index (κ3) is 3.21. The zero-order valence-corrected chi connectivity index (χ0v) is 11.0. The molecule has 1 aliphatic carbocycles. The van der Waals surface area contributed by atoms with Crippen molar-refractivity contribution in [3.8, 4) is 0 Å². The zero-order valence-electron chi connectivity index (χ0n) is 11.0. The number of piperidine rings is 1. The molecule has 1 N–H and O–H groups in total. The summed E-state index contributed by atoms with van der Waals surface area (Å²) in [5.41, 5.74) is 0. The van der Waals surface area contributed by atoms with Crippen LogP contribution < -0.4 is 5.32 Å². The molecule has 0 amide bonds. The van der Waals surface area contributed by atoms with Crippen LogP contribution >= 0.6 is 0 Å². The number of nitrogens with zero attached hydrogens (tertiary/aromatic N) is 1. The third-order valence-electron chi connectivity index (χ3n) is 4.65. The van der Waals surface area contributed by atoms with Gasteiger partial charge in [-0.2, -0.15) is 0 Å². The highest BCUT2D eigenvalue weighted by Gasteiger charge is 2.25. The lowest BCUT2D eigenvalue weighted by Gasteiger charge is -2.36. The fourth-order valence-electron chi connectivity index (χ4n) is 3.00. The molecule has 1 aliphatic heterocycles. The Balaban J connectivity index is 1.68. The average molecular weight is 224 g/mol. The van der Waals surface area contributed by atoms with Crippen LogP contribution in [0.4, 0.5) is 0 Å². The molecule has 1 saturated carbocycles. The standard InChI is InChI=1S/C14H28N2/c1-3-16-9-5-8-14(11-16)12(2)15-10-13-6-4-7-13/h12-15H,3-11H2,1-2H3. The molecule has 0 aromatic rings. The SMILES string of the molecule is CCN1CCCC(C(C)NCC2CCC2)C1. The number of hydrogen-bond acceptors (Lipinski definition) is 2. The highest BCUT2D eigenvalue weighted by molar-refractivity contribution is 4.81. The lowest BCUT2D eigenvalue weighted by Crippen LogP contribution is -2.45. The second kappa shape index (κ2) is 6.02. The van der Waals surface area contributed by atoms with Crippen molar-refractivity contribution >= 4 is 0 Å². The van der Waals surface area contributed by atoms with Crippen LogP contribution in [-0.4, -0.2) is 37.1 Å². The average Bonchev–Trinajstić information content (AvgIpc) is 2.27. The molecule has 1 saturated heterocycles. The Morgan fingerprint density at radius 1 is 1.25 bits per heavy atom. The lowest BCUT2D eigenvalue weighted by atomic mass is 9.84. The first-order valence-corrected chi connectivity index (χ1v) is 7.25. The number of nitrogens with one attached hydrogen (secondary N) is 1. The van der Waals surface area contributed by atoms with Crippen molar-refractivity contribution in [3.63, 3.8) is 0 Å². The van der Waals surface area contributed by atoms with Crippen LogP contribution in [0.5, 0.6) is 0 Å². The van der Waals surface area contributed by atoms with Gasteiger partial charge in [0.05, 0.1) is 0 Å². The van der Waals surface area contributed by atoms with E-state index in [1.54, 1.807) is 0 Å². The third-order valence-corrected chi connectivity index (χ3v) is 4.65. The summed E-state index contributed by atoms with van der Waals surface area (Å²) in [6, 6.07) is 0.718. The molecular formula is C14H28N2. The van der Waals surface area contributed by atoms with Crippen LogP contribution in [0.3, 0.4) is 0 Å². The van der Waals surface area contributed by atoms with Gasteiger partial charge in [-0.25, -0.2) is 0 Å². The van der Waals surface area contributed by atoms with Gasteiger partial charge >= 0.3 is 0 Å². The smallest absolute Gasteiger partial charge is 0.00793 e. The van der Waals surface area contributed by atoms with Gasteiger partial charge in [0, 0.05) is 12.6 Å². The fraction of sp³-hybridized carbons (Fsp3) is 1.00. The normalized spacial score (nSPS) is 30.0. The second-order valence-electron chi connectivity index (χ2n) is 5.79. The number of rotatable bonds is 5. The minimum absolute atomic E-state index is 0.718. The first-order valence-electron chi connectivity index (χ1n) is 7.25. The van der Waals surface area contributed by atoms with Crippen molar-refractivity contribution in [3.05, 3.63) is 0 Å². The van der Waals surface area contributed by atoms with Crippen LogP contribution in [0.1, 0.15) is 46.0 Å². The van der Waals surface area contributed by atoms with E-state index in [9.17, 15) is 0 Å². The molecule has 16 heavy (non-hydrogen) atoms. The molecule has 2 unspecified atom stereocenters. The Hall–Kier alpha value is -0.0800. The topological polar surface area (TPSA) is 15.3 Å². The largest absolute Gasteiger partial charge is 0.314 e. The van der Waals surface area contributed by atoms with Gasteiger partial charge in [0.15, 0.2) is 0 Å². The first kappa shape index (κ1) is 12.4. The molecule has 2 nitrogen and oxygen atoms in total. The second-order valence-corrected chi connectivity index (χ2v) is 5.79. The first-order chi connectivity index (χ1) is 7.79. The predicted molar refractivity (Wildman–Crippen MR) is 69.6 cm³/mol. The summed E-state index contributed by atoms with van der Waals surface area (Å²) < 4.78 is 0. The van der Waals surface area contributed by atoms with Gasteiger partial charge in [0.1, 0.15) is 0 Å². The Morgan fingerprint density at radius 3 is 2.69 bits per heavy atom. The van der Waals surface area contributed by atoms with E-state index in [2.05, 4.69) is 24.1 Å². The van der Waals surface area contributed by atoms with Crippen LogP contribution in [0.15, 0.2) is 0 Å². The molecule has 94 valence electrons. The van der Waals surface area contributed by atoms with E-state index in [0.717, 1.165) is 17.9 Å². The Bertz CT molecular complexity index is 201. The summed E-state index contributed by atoms with van der Waals surface area (Å²) in [4.78, 5) is 2.61. The molecule has 0 aromatic heterocycles. The highest BCUT2D eigenvalue weighted by Crippen LogP contribution is 2.26. The van der Waals surface area contributed by atoms with Crippen LogP contribution in [0.2, 0.25) is 0 Å². The van der Waals surface area contributed by atoms with E-state index >= 15 is 0 Å². The molecule has 2 fully saturated rings. The fourth-order valence-corrected chi connectivity index (χ4v) is 3.00. The summed E-state index contributed by atoms with van der Waals surface area (Å²) in [7, 11) is 0. The zero-order chi connectivity index (χ0) is 11.4. The van der Waals surface area contributed by atoms with Gasteiger partial charge in [-0.05, 0) is 64.1 Å². The van der Waals surface area contributed by atoms with Crippen LogP contribution in [0, 0.1) is 11.8 Å². The van der Waals surface area contributed by atoms with Gasteiger partial charge in [-0.3, -0.25) is 0 Å². The summed E-state index contributed by atoms with van der Waals surface area (Å²) >= 11 is 0. The molecule has 0 radical (unpaired) electrons. The summed E-state index contributed by atoms with van der Waals surface area (Å²) in [6.07, 6.45) is 7.22. The monoisotopic (exact) mass is 224 g/mol. The van der Waals surface area contributed by atoms with E-state index in [-0.39, 0.29) is 0 Å². The van der Waals surface area contributed by atoms with E-state index in [1.165, 1.54) is 58.3 Å². The minimum atomic E-state index is 0.718. The van der Waals surface area contributed by atoms with Gasteiger partial charge in [-0.1, -0.05) is 13.3 Å². The van der Waals surface area contributed by atoms with E-state index in [1.807, 2.05) is 0 Å². The number of hydrogen-bond donors (Lipinski definition) is 1. The van der Waals surface area contributed by atoms with Gasteiger partial charge in [0.2, 0.25) is 0 Å². The Kier molecular flexibility index (Phi) is 4.66. The summed E-state index contributed by atoms with van der Waals surface area (Å²) in [5.74, 6) is 1.88. The minimum Gasteiger partial charge on any atom is -0.314 e. The van der Waals surface area contributed by atoms with Crippen molar-refractivity contribution in [1.82, 2.24) is 10.2 Å². The maximum absolute atomic E-state index is 3.77. The van der Waals surface area contributed by atoms with Crippen molar-refractivity contribution in [2.45, 2.75) is 52.0 Å². The van der Waals surface area contributed by atoms with Gasteiger partial charge in [0.25, 0.3) is 0 Å². The molecule has 2 atom stereocenters. The van der Waals surface area contributed by atoms with Crippen molar-refractivity contribution < 1.29 is 0 Å². The molecule has 1 heterocycles. The maximum atomic E-state index is 3.77. The van der Waals surface area contributed by atoms with Crippen LogP contribution in [-0.2, 0) is 0 Å². The predicted octanol–water partition coefficient (Wildman–Crippen LogP) is 2.50. The van der Waals surface area contributed by atoms with Gasteiger partial charge < -0.3 is 10.2 Å². The highest BCUT2D eigenvalue weighted by atomic mass is 15.1. The van der Waals surface area contributed by atoms with E-state index in [0.29, 0.717) is 0 Å². The lowest BCUT2D eigenvalue weighted by molar-refractivity contribution is 0.152.